The summed E-state index contributed by atoms with van der Waals surface area (Å²) in [6, 6.07) is 7.66. The van der Waals surface area contributed by atoms with Crippen LogP contribution in [0.25, 0.3) is 0 Å². The lowest BCUT2D eigenvalue weighted by molar-refractivity contribution is 0.222. The van der Waals surface area contributed by atoms with E-state index in [4.69, 9.17) is 9.47 Å². The summed E-state index contributed by atoms with van der Waals surface area (Å²) in [5.41, 5.74) is 0. The molecule has 154 valence electrons. The molecular weight excluding hydrogens is 455 g/mol. The van der Waals surface area contributed by atoms with E-state index in [-0.39, 0.29) is 30.1 Å². The Hall–Kier alpha value is -1.22. The smallest absolute Gasteiger partial charge is 0.191 e. The van der Waals surface area contributed by atoms with Crippen LogP contribution in [0.1, 0.15) is 26.7 Å². The summed E-state index contributed by atoms with van der Waals surface area (Å²) in [5.74, 6) is 3.02. The lowest BCUT2D eigenvalue weighted by Crippen LogP contribution is -2.44. The van der Waals surface area contributed by atoms with Crippen molar-refractivity contribution in [2.75, 3.05) is 46.9 Å². The minimum atomic E-state index is 0. The van der Waals surface area contributed by atoms with Gasteiger partial charge in [-0.1, -0.05) is 13.0 Å². The summed E-state index contributed by atoms with van der Waals surface area (Å²) < 4.78 is 11.2. The zero-order chi connectivity index (χ0) is 18.8. The van der Waals surface area contributed by atoms with Crippen LogP contribution in [0.2, 0.25) is 0 Å². The van der Waals surface area contributed by atoms with Crippen molar-refractivity contribution in [1.82, 2.24) is 15.5 Å². The van der Waals surface area contributed by atoms with Crippen molar-refractivity contribution in [3.8, 4) is 11.5 Å². The molecule has 0 aliphatic carbocycles. The molecule has 1 aliphatic heterocycles. The van der Waals surface area contributed by atoms with Crippen LogP contribution in [0.15, 0.2) is 29.3 Å². The van der Waals surface area contributed by atoms with Crippen LogP contribution in [0.5, 0.6) is 11.5 Å². The van der Waals surface area contributed by atoms with E-state index in [2.05, 4.69) is 27.4 Å². The predicted octanol–water partition coefficient (Wildman–Crippen LogP) is 2.98. The Labute approximate surface area is 181 Å². The molecule has 27 heavy (non-hydrogen) atoms. The van der Waals surface area contributed by atoms with E-state index in [0.717, 1.165) is 30.5 Å². The number of nitrogens with zero attached hydrogens (tertiary/aromatic N) is 2. The van der Waals surface area contributed by atoms with Gasteiger partial charge in [0.1, 0.15) is 17.6 Å². The Morgan fingerprint density at radius 2 is 1.81 bits per heavy atom. The van der Waals surface area contributed by atoms with Gasteiger partial charge in [-0.2, -0.15) is 0 Å². The molecule has 6 nitrogen and oxygen atoms in total. The normalized spacial score (nSPS) is 17.0. The van der Waals surface area contributed by atoms with Gasteiger partial charge in [0.15, 0.2) is 5.96 Å². The van der Waals surface area contributed by atoms with Gasteiger partial charge in [0.2, 0.25) is 0 Å². The van der Waals surface area contributed by atoms with E-state index in [1.807, 2.05) is 31.2 Å². The van der Waals surface area contributed by atoms with Gasteiger partial charge in [-0.25, -0.2) is 0 Å². The third-order valence-electron chi connectivity index (χ3n) is 4.55. The minimum absolute atomic E-state index is 0. The zero-order valence-corrected chi connectivity index (χ0v) is 19.4. The van der Waals surface area contributed by atoms with Crippen molar-refractivity contribution in [3.05, 3.63) is 24.3 Å². The number of likely N-dealkylation sites (tertiary alicyclic amines) is 1. The molecule has 7 heteroatoms. The van der Waals surface area contributed by atoms with E-state index in [9.17, 15) is 0 Å². The molecule has 1 heterocycles. The molecule has 0 saturated carbocycles. The fourth-order valence-corrected chi connectivity index (χ4v) is 3.15. The average Bonchev–Trinajstić information content (AvgIpc) is 3.15. The first kappa shape index (κ1) is 23.8. The van der Waals surface area contributed by atoms with Gasteiger partial charge < -0.3 is 25.0 Å². The number of benzene rings is 1. The number of hydrogen-bond acceptors (Lipinski definition) is 4. The fraction of sp³-hybridized carbons (Fsp3) is 0.650. The molecule has 2 atom stereocenters. The van der Waals surface area contributed by atoms with Crippen LogP contribution in [-0.2, 0) is 0 Å². The molecule has 1 aromatic carbocycles. The first-order valence-corrected chi connectivity index (χ1v) is 9.58. The fourth-order valence-electron chi connectivity index (χ4n) is 3.15. The topological polar surface area (TPSA) is 58.1 Å². The second-order valence-electron chi connectivity index (χ2n) is 7.05. The molecule has 0 bridgehead atoms. The molecule has 0 radical (unpaired) electrons. The summed E-state index contributed by atoms with van der Waals surface area (Å²) in [6.45, 7) is 9.56. The van der Waals surface area contributed by atoms with Crippen LogP contribution in [0.3, 0.4) is 0 Å². The maximum atomic E-state index is 5.93. The quantitative estimate of drug-likeness (QED) is 0.317. The summed E-state index contributed by atoms with van der Waals surface area (Å²) in [4.78, 5) is 6.85. The SMILES string of the molecule is CN=C(NCC(C)CN1CCCC1)NCC(C)Oc1cccc(OC)c1.I. The van der Waals surface area contributed by atoms with Crippen LogP contribution in [0, 0.1) is 5.92 Å². The molecule has 2 unspecified atom stereocenters. The summed E-state index contributed by atoms with van der Waals surface area (Å²) >= 11 is 0. The molecule has 1 aromatic rings. The number of rotatable bonds is 9. The predicted molar refractivity (Wildman–Crippen MR) is 123 cm³/mol. The van der Waals surface area contributed by atoms with Crippen LogP contribution in [-0.4, -0.2) is 63.8 Å². The highest BCUT2D eigenvalue weighted by molar-refractivity contribution is 14.0. The average molecular weight is 490 g/mol. The number of hydrogen-bond donors (Lipinski definition) is 2. The summed E-state index contributed by atoms with van der Waals surface area (Å²) in [5, 5.41) is 6.75. The van der Waals surface area contributed by atoms with Crippen molar-refractivity contribution >= 4 is 29.9 Å². The number of aliphatic imine (C=N–C) groups is 1. The van der Waals surface area contributed by atoms with Gasteiger partial charge >= 0.3 is 0 Å². The second kappa shape index (κ2) is 13.0. The lowest BCUT2D eigenvalue weighted by atomic mass is 10.1. The van der Waals surface area contributed by atoms with Crippen LogP contribution in [0.4, 0.5) is 0 Å². The molecule has 0 spiro atoms. The minimum Gasteiger partial charge on any atom is -0.497 e. The Balaban J connectivity index is 0.00000364. The van der Waals surface area contributed by atoms with E-state index in [1.165, 1.54) is 25.9 Å². The lowest BCUT2D eigenvalue weighted by Gasteiger charge is -2.22. The number of guanidine groups is 1. The van der Waals surface area contributed by atoms with E-state index in [1.54, 1.807) is 14.2 Å². The highest BCUT2D eigenvalue weighted by atomic mass is 127. The second-order valence-corrected chi connectivity index (χ2v) is 7.05. The summed E-state index contributed by atoms with van der Waals surface area (Å²) in [7, 11) is 3.46. The van der Waals surface area contributed by atoms with Gasteiger partial charge in [-0.05, 0) is 50.9 Å². The Morgan fingerprint density at radius 3 is 2.48 bits per heavy atom. The summed E-state index contributed by atoms with van der Waals surface area (Å²) in [6.07, 6.45) is 2.70. The molecule has 0 aromatic heterocycles. The molecule has 1 fully saturated rings. The van der Waals surface area contributed by atoms with Crippen molar-refractivity contribution < 1.29 is 9.47 Å². The Bertz CT molecular complexity index is 565. The maximum absolute atomic E-state index is 5.93. The Morgan fingerprint density at radius 1 is 1.15 bits per heavy atom. The van der Waals surface area contributed by atoms with E-state index >= 15 is 0 Å². The monoisotopic (exact) mass is 490 g/mol. The van der Waals surface area contributed by atoms with Crippen LogP contribution >= 0.6 is 24.0 Å². The van der Waals surface area contributed by atoms with E-state index in [0.29, 0.717) is 12.5 Å². The first-order chi connectivity index (χ1) is 12.6. The van der Waals surface area contributed by atoms with Crippen molar-refractivity contribution in [3.63, 3.8) is 0 Å². The molecule has 2 N–H and O–H groups in total. The van der Waals surface area contributed by atoms with Gasteiger partial charge in [0.25, 0.3) is 0 Å². The number of nitrogens with one attached hydrogen (secondary N) is 2. The third-order valence-corrected chi connectivity index (χ3v) is 4.55. The highest BCUT2D eigenvalue weighted by Crippen LogP contribution is 2.19. The highest BCUT2D eigenvalue weighted by Gasteiger charge is 2.15. The van der Waals surface area contributed by atoms with Crippen molar-refractivity contribution in [2.24, 2.45) is 10.9 Å². The molecule has 2 rings (SSSR count). The first-order valence-electron chi connectivity index (χ1n) is 9.58. The van der Waals surface area contributed by atoms with Crippen molar-refractivity contribution in [1.29, 1.82) is 0 Å². The van der Waals surface area contributed by atoms with Crippen LogP contribution < -0.4 is 20.1 Å². The van der Waals surface area contributed by atoms with Gasteiger partial charge in [-0.15, -0.1) is 24.0 Å². The molecule has 1 aliphatic rings. The zero-order valence-electron chi connectivity index (χ0n) is 17.0. The molecular formula is C20H35IN4O2. The number of ether oxygens (including phenoxy) is 2. The maximum Gasteiger partial charge on any atom is 0.191 e. The molecule has 0 amide bonds. The van der Waals surface area contributed by atoms with Crippen molar-refractivity contribution in [2.45, 2.75) is 32.8 Å². The number of methoxy groups -OCH3 is 1. The number of halogens is 1. The standard InChI is InChI=1S/C20H34N4O2.HI/c1-16(15-24-10-5-6-11-24)13-22-20(21-3)23-14-17(2)26-19-9-7-8-18(12-19)25-4;/h7-9,12,16-17H,5-6,10-11,13-15H2,1-4H3,(H2,21,22,23);1H. The third kappa shape index (κ3) is 9.01. The van der Waals surface area contributed by atoms with Gasteiger partial charge in [0.05, 0.1) is 13.7 Å². The largest absolute Gasteiger partial charge is 0.497 e. The van der Waals surface area contributed by atoms with E-state index < -0.39 is 0 Å². The Kier molecular flexibility index (Phi) is 11.5. The van der Waals surface area contributed by atoms with Gasteiger partial charge in [-0.3, -0.25) is 4.99 Å². The van der Waals surface area contributed by atoms with Gasteiger partial charge in [0, 0.05) is 26.2 Å². The molecule has 1 saturated heterocycles.